The number of hydrogen-bond donors (Lipinski definition) is 1. The van der Waals surface area contributed by atoms with Gasteiger partial charge in [-0.05, 0) is 29.3 Å². The van der Waals surface area contributed by atoms with Crippen LogP contribution in [-0.4, -0.2) is 5.91 Å². The molecule has 0 aromatic heterocycles. The predicted octanol–water partition coefficient (Wildman–Crippen LogP) is 3.96. The summed E-state index contributed by atoms with van der Waals surface area (Å²) in [5.74, 6) is -0.00178. The van der Waals surface area contributed by atoms with E-state index in [0.29, 0.717) is 18.0 Å². The highest BCUT2D eigenvalue weighted by molar-refractivity contribution is 9.10. The molecule has 0 aliphatic heterocycles. The number of hydrogen-bond acceptors (Lipinski definition) is 1. The average molecular weight is 339 g/mol. The summed E-state index contributed by atoms with van der Waals surface area (Å²) in [7, 11) is 0. The van der Waals surface area contributed by atoms with Crippen LogP contribution in [0, 0.1) is 0 Å². The second-order valence-electron chi connectivity index (χ2n) is 4.17. The fraction of sp³-hybridized carbons (Fsp3) is 0.133. The first-order valence-corrected chi connectivity index (χ1v) is 7.07. The molecule has 0 saturated heterocycles. The summed E-state index contributed by atoms with van der Waals surface area (Å²) >= 11 is 9.26. The van der Waals surface area contributed by atoms with Gasteiger partial charge in [0.25, 0.3) is 0 Å². The van der Waals surface area contributed by atoms with Crippen LogP contribution in [0.15, 0.2) is 53.0 Å². The molecule has 1 amide bonds. The Morgan fingerprint density at radius 3 is 2.47 bits per heavy atom. The number of amides is 1. The number of benzene rings is 2. The van der Waals surface area contributed by atoms with Gasteiger partial charge < -0.3 is 5.32 Å². The summed E-state index contributed by atoms with van der Waals surface area (Å²) in [6, 6.07) is 15.1. The lowest BCUT2D eigenvalue weighted by Gasteiger charge is -2.07. The molecule has 1 N–H and O–H groups in total. The topological polar surface area (TPSA) is 29.1 Å². The van der Waals surface area contributed by atoms with E-state index in [0.717, 1.165) is 15.6 Å². The van der Waals surface area contributed by atoms with Crippen LogP contribution in [0.1, 0.15) is 11.1 Å². The van der Waals surface area contributed by atoms with Crippen LogP contribution in [0.4, 0.5) is 0 Å². The lowest BCUT2D eigenvalue weighted by Crippen LogP contribution is -2.24. The summed E-state index contributed by atoms with van der Waals surface area (Å²) in [6.45, 7) is 0.522. The normalized spacial score (nSPS) is 10.2. The third-order valence-electron chi connectivity index (χ3n) is 2.71. The largest absolute Gasteiger partial charge is 0.352 e. The van der Waals surface area contributed by atoms with E-state index in [-0.39, 0.29) is 5.91 Å². The zero-order chi connectivity index (χ0) is 13.7. The van der Waals surface area contributed by atoms with E-state index in [1.54, 1.807) is 12.1 Å². The van der Waals surface area contributed by atoms with Gasteiger partial charge in [0.2, 0.25) is 5.91 Å². The Balaban J connectivity index is 1.88. The summed E-state index contributed by atoms with van der Waals surface area (Å²) in [6.07, 6.45) is 0.363. The van der Waals surface area contributed by atoms with Crippen molar-refractivity contribution in [2.75, 3.05) is 0 Å². The van der Waals surface area contributed by atoms with E-state index in [2.05, 4.69) is 21.2 Å². The van der Waals surface area contributed by atoms with Crippen molar-refractivity contribution < 1.29 is 4.79 Å². The molecule has 4 heteroatoms. The highest BCUT2D eigenvalue weighted by Gasteiger charge is 2.04. The standard InChI is InChI=1S/C15H13BrClNO/c16-14-4-2-1-3-12(14)10-18-15(19)9-11-5-7-13(17)8-6-11/h1-8H,9-10H2,(H,18,19). The van der Waals surface area contributed by atoms with Crippen molar-refractivity contribution >= 4 is 33.4 Å². The molecule has 2 aromatic rings. The minimum atomic E-state index is -0.00178. The molecule has 2 nitrogen and oxygen atoms in total. The zero-order valence-corrected chi connectivity index (χ0v) is 12.5. The van der Waals surface area contributed by atoms with Crippen molar-refractivity contribution in [3.63, 3.8) is 0 Å². The lowest BCUT2D eigenvalue weighted by molar-refractivity contribution is -0.120. The molecule has 98 valence electrons. The Hall–Kier alpha value is -1.32. The van der Waals surface area contributed by atoms with Gasteiger partial charge in [0.15, 0.2) is 0 Å². The lowest BCUT2D eigenvalue weighted by atomic mass is 10.1. The predicted molar refractivity (Wildman–Crippen MR) is 81.1 cm³/mol. The quantitative estimate of drug-likeness (QED) is 0.898. The number of nitrogens with one attached hydrogen (secondary N) is 1. The summed E-state index contributed by atoms with van der Waals surface area (Å²) < 4.78 is 1.00. The van der Waals surface area contributed by atoms with Crippen molar-refractivity contribution in [3.05, 3.63) is 69.2 Å². The molecular weight excluding hydrogens is 326 g/mol. The van der Waals surface area contributed by atoms with Crippen molar-refractivity contribution in [1.29, 1.82) is 0 Å². The van der Waals surface area contributed by atoms with E-state index >= 15 is 0 Å². The van der Waals surface area contributed by atoms with Gasteiger partial charge >= 0.3 is 0 Å². The van der Waals surface area contributed by atoms with Crippen molar-refractivity contribution in [1.82, 2.24) is 5.32 Å². The molecule has 0 heterocycles. The Kier molecular flexibility index (Phi) is 5.00. The molecule has 0 unspecified atom stereocenters. The maximum absolute atomic E-state index is 11.8. The SMILES string of the molecule is O=C(Cc1ccc(Cl)cc1)NCc1ccccc1Br. The van der Waals surface area contributed by atoms with Crippen LogP contribution < -0.4 is 5.32 Å². The van der Waals surface area contributed by atoms with Gasteiger partial charge in [-0.2, -0.15) is 0 Å². The van der Waals surface area contributed by atoms with Gasteiger partial charge in [0.1, 0.15) is 0 Å². The first kappa shape index (κ1) is 14.1. The molecule has 0 atom stereocenters. The Morgan fingerprint density at radius 2 is 1.79 bits per heavy atom. The second-order valence-corrected chi connectivity index (χ2v) is 5.46. The second kappa shape index (κ2) is 6.73. The van der Waals surface area contributed by atoms with Crippen LogP contribution in [0.25, 0.3) is 0 Å². The Morgan fingerprint density at radius 1 is 1.11 bits per heavy atom. The molecule has 0 radical (unpaired) electrons. The van der Waals surface area contributed by atoms with Crippen LogP contribution in [0.3, 0.4) is 0 Å². The van der Waals surface area contributed by atoms with E-state index in [1.807, 2.05) is 36.4 Å². The number of carbonyl (C=O) groups excluding carboxylic acids is 1. The Bertz CT molecular complexity index is 569. The van der Waals surface area contributed by atoms with E-state index in [4.69, 9.17) is 11.6 Å². The van der Waals surface area contributed by atoms with Gasteiger partial charge in [0, 0.05) is 16.0 Å². The van der Waals surface area contributed by atoms with Gasteiger partial charge in [-0.25, -0.2) is 0 Å². The highest BCUT2D eigenvalue weighted by atomic mass is 79.9. The van der Waals surface area contributed by atoms with Crippen molar-refractivity contribution in [3.8, 4) is 0 Å². The number of rotatable bonds is 4. The van der Waals surface area contributed by atoms with E-state index in [9.17, 15) is 4.79 Å². The minimum Gasteiger partial charge on any atom is -0.352 e. The summed E-state index contributed by atoms with van der Waals surface area (Å²) in [4.78, 5) is 11.8. The van der Waals surface area contributed by atoms with Gasteiger partial charge in [-0.15, -0.1) is 0 Å². The summed E-state index contributed by atoms with van der Waals surface area (Å²) in [5.41, 5.74) is 2.01. The average Bonchev–Trinajstić information content (AvgIpc) is 2.40. The van der Waals surface area contributed by atoms with Crippen LogP contribution >= 0.6 is 27.5 Å². The van der Waals surface area contributed by atoms with Crippen LogP contribution in [0.2, 0.25) is 5.02 Å². The van der Waals surface area contributed by atoms with Gasteiger partial charge in [-0.1, -0.05) is 57.9 Å². The smallest absolute Gasteiger partial charge is 0.224 e. The molecule has 0 bridgehead atoms. The van der Waals surface area contributed by atoms with Gasteiger partial charge in [-0.3, -0.25) is 4.79 Å². The maximum Gasteiger partial charge on any atom is 0.224 e. The first-order valence-electron chi connectivity index (χ1n) is 5.90. The monoisotopic (exact) mass is 337 g/mol. The van der Waals surface area contributed by atoms with Crippen molar-refractivity contribution in [2.45, 2.75) is 13.0 Å². The third-order valence-corrected chi connectivity index (χ3v) is 3.74. The van der Waals surface area contributed by atoms with E-state index in [1.165, 1.54) is 0 Å². The molecule has 0 spiro atoms. The molecule has 0 fully saturated rings. The van der Waals surface area contributed by atoms with Gasteiger partial charge in [0.05, 0.1) is 6.42 Å². The van der Waals surface area contributed by atoms with Crippen LogP contribution in [-0.2, 0) is 17.8 Å². The molecule has 2 rings (SSSR count). The van der Waals surface area contributed by atoms with E-state index < -0.39 is 0 Å². The number of carbonyl (C=O) groups is 1. The fourth-order valence-electron chi connectivity index (χ4n) is 1.69. The highest BCUT2D eigenvalue weighted by Crippen LogP contribution is 2.15. The first-order chi connectivity index (χ1) is 9.15. The fourth-order valence-corrected chi connectivity index (χ4v) is 2.24. The maximum atomic E-state index is 11.8. The minimum absolute atomic E-state index is 0.00178. The summed E-state index contributed by atoms with van der Waals surface area (Å²) in [5, 5.41) is 3.58. The molecule has 0 saturated carbocycles. The van der Waals surface area contributed by atoms with Crippen LogP contribution in [0.5, 0.6) is 0 Å². The zero-order valence-electron chi connectivity index (χ0n) is 10.2. The third kappa shape index (κ3) is 4.37. The van der Waals surface area contributed by atoms with Crippen molar-refractivity contribution in [2.24, 2.45) is 0 Å². The molecular formula is C15H13BrClNO. The molecule has 0 aliphatic rings. The number of halogens is 2. The molecule has 0 aliphatic carbocycles. The molecule has 19 heavy (non-hydrogen) atoms. The molecule has 2 aromatic carbocycles. The Labute approximate surface area is 125 Å².